The first kappa shape index (κ1) is 24.0. The Hall–Kier alpha value is -2.62. The summed E-state index contributed by atoms with van der Waals surface area (Å²) >= 11 is 0. The lowest BCUT2D eigenvalue weighted by Gasteiger charge is -2.20. The third-order valence-corrected chi connectivity index (χ3v) is 5.47. The number of benzene rings is 2. The molecule has 2 heterocycles. The molecule has 3 aromatic rings. The molecule has 0 radical (unpaired) electrons. The van der Waals surface area contributed by atoms with E-state index in [1.807, 2.05) is 0 Å². The fourth-order valence-electron chi connectivity index (χ4n) is 3.71. The van der Waals surface area contributed by atoms with Crippen molar-refractivity contribution in [2.24, 2.45) is 4.99 Å². The van der Waals surface area contributed by atoms with Gasteiger partial charge in [0.2, 0.25) is 5.89 Å². The van der Waals surface area contributed by atoms with Crippen LogP contribution in [-0.4, -0.2) is 43.7 Å². The number of nitrogens with one attached hydrogen (secondary N) is 2. The molecular formula is C24H29FIN5O. The van der Waals surface area contributed by atoms with Crippen LogP contribution in [0.3, 0.4) is 0 Å². The molecule has 2 N–H and O–H groups in total. The quantitative estimate of drug-likeness (QED) is 0.271. The van der Waals surface area contributed by atoms with Gasteiger partial charge in [-0.2, -0.15) is 0 Å². The summed E-state index contributed by atoms with van der Waals surface area (Å²) < 4.78 is 18.6. The zero-order valence-electron chi connectivity index (χ0n) is 18.3. The molecule has 0 bridgehead atoms. The van der Waals surface area contributed by atoms with Crippen molar-refractivity contribution in [3.63, 3.8) is 0 Å². The first-order valence-electron chi connectivity index (χ1n) is 10.6. The van der Waals surface area contributed by atoms with Gasteiger partial charge < -0.3 is 20.0 Å². The number of aromatic nitrogens is 1. The van der Waals surface area contributed by atoms with E-state index in [-0.39, 0.29) is 29.8 Å². The Kier molecular flexibility index (Phi) is 8.49. The van der Waals surface area contributed by atoms with Crippen molar-refractivity contribution in [2.45, 2.75) is 25.8 Å². The Morgan fingerprint density at radius 3 is 2.66 bits per heavy atom. The van der Waals surface area contributed by atoms with Gasteiger partial charge in [0, 0.05) is 50.4 Å². The lowest BCUT2D eigenvalue weighted by Crippen LogP contribution is -2.45. The average Bonchev–Trinajstić information content (AvgIpc) is 3.44. The summed E-state index contributed by atoms with van der Waals surface area (Å²) in [4.78, 5) is 11.2. The van der Waals surface area contributed by atoms with Crippen LogP contribution < -0.4 is 15.5 Å². The maximum atomic E-state index is 13.1. The van der Waals surface area contributed by atoms with Crippen molar-refractivity contribution < 1.29 is 8.81 Å². The second-order valence-electron chi connectivity index (χ2n) is 7.81. The Bertz CT molecular complexity index is 1020. The highest BCUT2D eigenvalue weighted by atomic mass is 127. The minimum Gasteiger partial charge on any atom is -0.444 e. The van der Waals surface area contributed by atoms with Crippen molar-refractivity contribution in [1.82, 2.24) is 15.6 Å². The Morgan fingerprint density at radius 1 is 1.19 bits per heavy atom. The minimum absolute atomic E-state index is 0. The summed E-state index contributed by atoms with van der Waals surface area (Å²) in [5, 5.41) is 6.87. The van der Waals surface area contributed by atoms with Crippen LogP contribution in [0.5, 0.6) is 0 Å². The van der Waals surface area contributed by atoms with E-state index < -0.39 is 0 Å². The summed E-state index contributed by atoms with van der Waals surface area (Å²) in [5.41, 5.74) is 4.14. The van der Waals surface area contributed by atoms with Crippen LogP contribution in [0, 0.1) is 12.7 Å². The molecule has 1 unspecified atom stereocenters. The molecule has 0 spiro atoms. The number of halogens is 2. The van der Waals surface area contributed by atoms with Crippen LogP contribution in [0.15, 0.2) is 64.2 Å². The number of nitrogens with zero attached hydrogens (tertiary/aromatic N) is 3. The van der Waals surface area contributed by atoms with Crippen molar-refractivity contribution in [1.29, 1.82) is 0 Å². The van der Waals surface area contributed by atoms with Crippen LogP contribution in [-0.2, 0) is 6.42 Å². The lowest BCUT2D eigenvalue weighted by atomic mass is 10.2. The molecule has 1 aliphatic rings. The van der Waals surface area contributed by atoms with E-state index in [0.29, 0.717) is 24.9 Å². The van der Waals surface area contributed by atoms with Crippen LogP contribution in [0.4, 0.5) is 10.1 Å². The standard InChI is InChI=1S/C24H28FN5O.HI/c1-17-3-9-22(10-4-17)30-14-12-20(15-30)29-24(26-2)27-13-11-21-16-31-23(28-21)18-5-7-19(25)8-6-18;/h3-10,16,20H,11-15H2,1-2H3,(H2,26,27,29);1H. The van der Waals surface area contributed by atoms with Crippen molar-refractivity contribution in [2.75, 3.05) is 31.6 Å². The molecule has 1 saturated heterocycles. The molecule has 8 heteroatoms. The highest BCUT2D eigenvalue weighted by Crippen LogP contribution is 2.21. The first-order valence-corrected chi connectivity index (χ1v) is 10.6. The van der Waals surface area contributed by atoms with Crippen LogP contribution in [0.25, 0.3) is 11.5 Å². The summed E-state index contributed by atoms with van der Waals surface area (Å²) in [5.74, 6) is 1.01. The fourth-order valence-corrected chi connectivity index (χ4v) is 3.71. The van der Waals surface area contributed by atoms with E-state index in [4.69, 9.17) is 4.42 Å². The monoisotopic (exact) mass is 549 g/mol. The molecule has 4 rings (SSSR count). The zero-order valence-corrected chi connectivity index (χ0v) is 20.7. The highest BCUT2D eigenvalue weighted by molar-refractivity contribution is 14.0. The van der Waals surface area contributed by atoms with E-state index in [2.05, 4.69) is 56.7 Å². The molecule has 32 heavy (non-hydrogen) atoms. The molecule has 0 aliphatic carbocycles. The van der Waals surface area contributed by atoms with Gasteiger partial charge in [-0.25, -0.2) is 9.37 Å². The second-order valence-corrected chi connectivity index (χ2v) is 7.81. The van der Waals surface area contributed by atoms with E-state index in [0.717, 1.165) is 36.7 Å². The van der Waals surface area contributed by atoms with Gasteiger partial charge in [0.15, 0.2) is 5.96 Å². The number of aryl methyl sites for hydroxylation is 1. The first-order chi connectivity index (χ1) is 15.1. The maximum Gasteiger partial charge on any atom is 0.226 e. The summed E-state index contributed by atoms with van der Waals surface area (Å²) in [6, 6.07) is 15.2. The van der Waals surface area contributed by atoms with Gasteiger partial charge >= 0.3 is 0 Å². The number of rotatable bonds is 6. The second kappa shape index (κ2) is 11.3. The topological polar surface area (TPSA) is 65.7 Å². The van der Waals surface area contributed by atoms with Gasteiger partial charge in [-0.3, -0.25) is 4.99 Å². The third kappa shape index (κ3) is 6.21. The number of oxazole rings is 1. The SMILES string of the molecule is CN=C(NCCc1coc(-c2ccc(F)cc2)n1)NC1CCN(c2ccc(C)cc2)C1.I. The van der Waals surface area contributed by atoms with Crippen molar-refractivity contribution in [3.8, 4) is 11.5 Å². The Balaban J connectivity index is 0.00000289. The zero-order chi connectivity index (χ0) is 21.6. The minimum atomic E-state index is -0.275. The molecule has 6 nitrogen and oxygen atoms in total. The number of hydrogen-bond donors (Lipinski definition) is 2. The summed E-state index contributed by atoms with van der Waals surface area (Å²) in [7, 11) is 1.78. The third-order valence-electron chi connectivity index (χ3n) is 5.47. The molecule has 1 aliphatic heterocycles. The van der Waals surface area contributed by atoms with E-state index in [9.17, 15) is 4.39 Å². The number of anilines is 1. The van der Waals surface area contributed by atoms with Crippen LogP contribution in [0.2, 0.25) is 0 Å². The molecule has 1 fully saturated rings. The molecule has 2 aromatic carbocycles. The van der Waals surface area contributed by atoms with Gasteiger partial charge in [-0.15, -0.1) is 24.0 Å². The Morgan fingerprint density at radius 2 is 1.94 bits per heavy atom. The van der Waals surface area contributed by atoms with E-state index in [1.165, 1.54) is 23.4 Å². The van der Waals surface area contributed by atoms with Gasteiger partial charge in [0.05, 0.1) is 5.69 Å². The predicted octanol–water partition coefficient (Wildman–Crippen LogP) is 4.39. The van der Waals surface area contributed by atoms with Crippen LogP contribution >= 0.6 is 24.0 Å². The summed E-state index contributed by atoms with van der Waals surface area (Å²) in [6.45, 7) is 4.77. The molecule has 0 saturated carbocycles. The largest absolute Gasteiger partial charge is 0.444 e. The number of aliphatic imine (C=N–C) groups is 1. The predicted molar refractivity (Wildman–Crippen MR) is 137 cm³/mol. The number of guanidine groups is 1. The normalized spacial score (nSPS) is 16.0. The number of hydrogen-bond acceptors (Lipinski definition) is 4. The molecular weight excluding hydrogens is 520 g/mol. The van der Waals surface area contributed by atoms with Gasteiger partial charge in [-0.05, 0) is 49.7 Å². The smallest absolute Gasteiger partial charge is 0.226 e. The van der Waals surface area contributed by atoms with E-state index in [1.54, 1.807) is 25.4 Å². The fraction of sp³-hybridized carbons (Fsp3) is 0.333. The van der Waals surface area contributed by atoms with Crippen molar-refractivity contribution >= 4 is 35.6 Å². The van der Waals surface area contributed by atoms with Crippen molar-refractivity contribution in [3.05, 3.63) is 71.9 Å². The summed E-state index contributed by atoms with van der Waals surface area (Å²) in [6.07, 6.45) is 3.41. The van der Waals surface area contributed by atoms with E-state index >= 15 is 0 Å². The van der Waals surface area contributed by atoms with Gasteiger partial charge in [0.25, 0.3) is 0 Å². The van der Waals surface area contributed by atoms with Gasteiger partial charge in [-0.1, -0.05) is 17.7 Å². The highest BCUT2D eigenvalue weighted by Gasteiger charge is 2.23. The maximum absolute atomic E-state index is 13.1. The molecule has 170 valence electrons. The average molecular weight is 549 g/mol. The molecule has 0 amide bonds. The van der Waals surface area contributed by atoms with Gasteiger partial charge in [0.1, 0.15) is 12.1 Å². The van der Waals surface area contributed by atoms with Crippen LogP contribution in [0.1, 0.15) is 17.7 Å². The molecule has 1 atom stereocenters. The lowest BCUT2D eigenvalue weighted by molar-refractivity contribution is 0.571. The Labute approximate surface area is 205 Å². The molecule has 1 aromatic heterocycles.